The molecule has 0 aromatic carbocycles. The van der Waals surface area contributed by atoms with E-state index >= 15 is 0 Å². The van der Waals surface area contributed by atoms with Gasteiger partial charge in [-0.05, 0) is 52.3 Å². The van der Waals surface area contributed by atoms with Crippen molar-refractivity contribution in [2.45, 2.75) is 12.8 Å². The summed E-state index contributed by atoms with van der Waals surface area (Å²) < 4.78 is 0.921. The van der Waals surface area contributed by atoms with E-state index in [4.69, 9.17) is 5.73 Å². The number of rotatable bonds is 3. The van der Waals surface area contributed by atoms with E-state index in [-0.39, 0.29) is 0 Å². The highest BCUT2D eigenvalue weighted by atomic mass is 79.9. The SMILES string of the molecule is Nc1cc(Br)cnc1NCC1CCSCC1. The van der Waals surface area contributed by atoms with Crippen molar-refractivity contribution in [2.24, 2.45) is 5.92 Å². The van der Waals surface area contributed by atoms with E-state index in [2.05, 4.69) is 38.0 Å². The number of hydrogen-bond donors (Lipinski definition) is 2. The molecule has 2 rings (SSSR count). The summed E-state index contributed by atoms with van der Waals surface area (Å²) in [6.45, 7) is 0.986. The number of hydrogen-bond acceptors (Lipinski definition) is 4. The number of halogens is 1. The number of thioether (sulfide) groups is 1. The second-order valence-electron chi connectivity index (χ2n) is 4.03. The zero-order valence-corrected chi connectivity index (χ0v) is 11.5. The fourth-order valence-corrected chi connectivity index (χ4v) is 3.35. The van der Waals surface area contributed by atoms with Gasteiger partial charge < -0.3 is 11.1 Å². The predicted octanol–water partition coefficient (Wildman–Crippen LogP) is 2.98. The Morgan fingerprint density at radius 2 is 2.25 bits per heavy atom. The van der Waals surface area contributed by atoms with E-state index in [0.29, 0.717) is 5.69 Å². The third kappa shape index (κ3) is 3.28. The van der Waals surface area contributed by atoms with E-state index in [1.54, 1.807) is 6.20 Å². The predicted molar refractivity (Wildman–Crippen MR) is 74.9 cm³/mol. The molecule has 1 saturated heterocycles. The first-order valence-corrected chi connectivity index (χ1v) is 7.43. The van der Waals surface area contributed by atoms with Crippen molar-refractivity contribution in [3.05, 3.63) is 16.7 Å². The van der Waals surface area contributed by atoms with Gasteiger partial charge in [-0.1, -0.05) is 0 Å². The molecule has 1 aromatic heterocycles. The van der Waals surface area contributed by atoms with Crippen LogP contribution in [0.4, 0.5) is 11.5 Å². The van der Waals surface area contributed by atoms with Gasteiger partial charge in [-0.15, -0.1) is 0 Å². The zero-order valence-electron chi connectivity index (χ0n) is 9.08. The van der Waals surface area contributed by atoms with Gasteiger partial charge in [-0.2, -0.15) is 11.8 Å². The Kier molecular flexibility index (Phi) is 4.35. The van der Waals surface area contributed by atoms with Crippen LogP contribution in [0.1, 0.15) is 12.8 Å². The largest absolute Gasteiger partial charge is 0.396 e. The Bertz CT molecular complexity index is 353. The Balaban J connectivity index is 1.88. The molecule has 0 bridgehead atoms. The highest BCUT2D eigenvalue weighted by Crippen LogP contribution is 2.24. The average molecular weight is 302 g/mol. The molecule has 0 atom stereocenters. The first kappa shape index (κ1) is 12.0. The van der Waals surface area contributed by atoms with Crippen molar-refractivity contribution < 1.29 is 0 Å². The third-order valence-corrected chi connectivity index (χ3v) is 4.27. The molecule has 3 nitrogen and oxygen atoms in total. The number of pyridine rings is 1. The maximum absolute atomic E-state index is 5.88. The minimum Gasteiger partial charge on any atom is -0.396 e. The van der Waals surface area contributed by atoms with Crippen LogP contribution in [0.5, 0.6) is 0 Å². The fraction of sp³-hybridized carbons (Fsp3) is 0.545. The number of nitrogens with two attached hydrogens (primary N) is 1. The van der Waals surface area contributed by atoms with Crippen molar-refractivity contribution in [2.75, 3.05) is 29.1 Å². The van der Waals surface area contributed by atoms with E-state index < -0.39 is 0 Å². The Morgan fingerprint density at radius 1 is 1.50 bits per heavy atom. The molecular formula is C11H16BrN3S. The average Bonchev–Trinajstić information content (AvgIpc) is 2.29. The van der Waals surface area contributed by atoms with Gasteiger partial charge in [0.2, 0.25) is 0 Å². The number of nitrogens with zero attached hydrogens (tertiary/aromatic N) is 1. The number of anilines is 2. The van der Waals surface area contributed by atoms with Gasteiger partial charge in [0.1, 0.15) is 5.82 Å². The van der Waals surface area contributed by atoms with Gasteiger partial charge in [-0.25, -0.2) is 4.98 Å². The second kappa shape index (κ2) is 5.77. The Morgan fingerprint density at radius 3 is 2.94 bits per heavy atom. The van der Waals surface area contributed by atoms with Crippen molar-refractivity contribution in [1.29, 1.82) is 0 Å². The van der Waals surface area contributed by atoms with Crippen LogP contribution in [-0.2, 0) is 0 Å². The molecule has 5 heteroatoms. The van der Waals surface area contributed by atoms with Gasteiger partial charge >= 0.3 is 0 Å². The highest BCUT2D eigenvalue weighted by Gasteiger charge is 2.13. The summed E-state index contributed by atoms with van der Waals surface area (Å²) in [5.74, 6) is 4.15. The molecule has 2 heterocycles. The highest BCUT2D eigenvalue weighted by molar-refractivity contribution is 9.10. The molecule has 88 valence electrons. The lowest BCUT2D eigenvalue weighted by molar-refractivity contribution is 0.515. The molecule has 16 heavy (non-hydrogen) atoms. The maximum atomic E-state index is 5.88. The number of nitrogens with one attached hydrogen (secondary N) is 1. The lowest BCUT2D eigenvalue weighted by Gasteiger charge is -2.22. The number of nitrogen functional groups attached to an aromatic ring is 1. The van der Waals surface area contributed by atoms with E-state index in [0.717, 1.165) is 22.8 Å². The van der Waals surface area contributed by atoms with E-state index in [1.165, 1.54) is 24.3 Å². The summed E-state index contributed by atoms with van der Waals surface area (Å²) >= 11 is 5.40. The van der Waals surface area contributed by atoms with Crippen LogP contribution in [0, 0.1) is 5.92 Å². The topological polar surface area (TPSA) is 50.9 Å². The van der Waals surface area contributed by atoms with Gasteiger partial charge in [0.15, 0.2) is 0 Å². The van der Waals surface area contributed by atoms with E-state index in [9.17, 15) is 0 Å². The minimum absolute atomic E-state index is 0.708. The molecule has 1 aliphatic heterocycles. The minimum atomic E-state index is 0.708. The normalized spacial score (nSPS) is 17.3. The smallest absolute Gasteiger partial charge is 0.149 e. The lowest BCUT2D eigenvalue weighted by Crippen LogP contribution is -2.20. The van der Waals surface area contributed by atoms with Gasteiger partial charge in [0.05, 0.1) is 5.69 Å². The maximum Gasteiger partial charge on any atom is 0.149 e. The summed E-state index contributed by atoms with van der Waals surface area (Å²) in [7, 11) is 0. The van der Waals surface area contributed by atoms with Gasteiger partial charge in [0, 0.05) is 17.2 Å². The summed E-state index contributed by atoms with van der Waals surface area (Å²) in [5, 5.41) is 3.34. The molecule has 0 saturated carbocycles. The van der Waals surface area contributed by atoms with Gasteiger partial charge in [0.25, 0.3) is 0 Å². The summed E-state index contributed by atoms with van der Waals surface area (Å²) in [6, 6.07) is 1.88. The van der Waals surface area contributed by atoms with Crippen LogP contribution in [0.25, 0.3) is 0 Å². The first-order valence-electron chi connectivity index (χ1n) is 5.48. The molecule has 0 aliphatic carbocycles. The summed E-state index contributed by atoms with van der Waals surface area (Å²) in [5.41, 5.74) is 6.59. The van der Waals surface area contributed by atoms with Gasteiger partial charge in [-0.3, -0.25) is 0 Å². The first-order chi connectivity index (χ1) is 7.75. The monoisotopic (exact) mass is 301 g/mol. The van der Waals surface area contributed by atoms with Crippen molar-refractivity contribution in [3.8, 4) is 0 Å². The van der Waals surface area contributed by atoms with Crippen LogP contribution in [0.3, 0.4) is 0 Å². The van der Waals surface area contributed by atoms with Crippen LogP contribution in [0.2, 0.25) is 0 Å². The second-order valence-corrected chi connectivity index (χ2v) is 6.17. The molecule has 0 amide bonds. The van der Waals surface area contributed by atoms with Crippen molar-refractivity contribution >= 4 is 39.2 Å². The van der Waals surface area contributed by atoms with Crippen LogP contribution in [-0.4, -0.2) is 23.0 Å². The third-order valence-electron chi connectivity index (χ3n) is 2.78. The molecule has 1 aromatic rings. The Hall–Kier alpha value is -0.420. The molecule has 0 radical (unpaired) electrons. The Labute approximate surface area is 109 Å². The van der Waals surface area contributed by atoms with Crippen LogP contribution in [0.15, 0.2) is 16.7 Å². The molecule has 0 unspecified atom stereocenters. The van der Waals surface area contributed by atoms with E-state index in [1.807, 2.05) is 6.07 Å². The standard InChI is InChI=1S/C11H16BrN3S/c12-9-5-10(13)11(15-7-9)14-6-8-1-3-16-4-2-8/h5,7-8H,1-4,6,13H2,(H,14,15). The fourth-order valence-electron chi connectivity index (χ4n) is 1.79. The van der Waals surface area contributed by atoms with Crippen LogP contribution >= 0.6 is 27.7 Å². The molecule has 1 fully saturated rings. The molecular weight excluding hydrogens is 286 g/mol. The zero-order chi connectivity index (χ0) is 11.4. The van der Waals surface area contributed by atoms with Crippen LogP contribution < -0.4 is 11.1 Å². The van der Waals surface area contributed by atoms with Crippen molar-refractivity contribution in [1.82, 2.24) is 4.98 Å². The van der Waals surface area contributed by atoms with Crippen molar-refractivity contribution in [3.63, 3.8) is 0 Å². The quantitative estimate of drug-likeness (QED) is 0.901. The summed E-state index contributed by atoms with van der Waals surface area (Å²) in [4.78, 5) is 4.27. The summed E-state index contributed by atoms with van der Waals surface area (Å²) in [6.07, 6.45) is 4.37. The lowest BCUT2D eigenvalue weighted by atomic mass is 10.0. The molecule has 3 N–H and O–H groups in total. The number of aromatic nitrogens is 1. The molecule has 1 aliphatic rings. The molecule has 0 spiro atoms.